The lowest BCUT2D eigenvalue weighted by Crippen LogP contribution is -2.20. The van der Waals surface area contributed by atoms with E-state index in [2.05, 4.69) is 13.0 Å². The van der Waals surface area contributed by atoms with Crippen molar-refractivity contribution in [2.24, 2.45) is 0 Å². The second-order valence-corrected chi connectivity index (χ2v) is 11.8. The van der Waals surface area contributed by atoms with E-state index in [4.69, 9.17) is 0 Å². The van der Waals surface area contributed by atoms with E-state index in [1.807, 2.05) is 27.8 Å². The maximum absolute atomic E-state index is 2.88. The lowest BCUT2D eigenvalue weighted by Gasteiger charge is -2.37. The highest BCUT2D eigenvalue weighted by molar-refractivity contribution is 5.52. The molecule has 31 heavy (non-hydrogen) atoms. The zero-order chi connectivity index (χ0) is 21.0. The highest BCUT2D eigenvalue weighted by Crippen LogP contribution is 2.49. The molecule has 1 aromatic rings. The summed E-state index contributed by atoms with van der Waals surface area (Å²) in [7, 11) is 0. The average molecular weight is 421 g/mol. The predicted molar refractivity (Wildman–Crippen MR) is 134 cm³/mol. The molecule has 172 valence electrons. The molecule has 4 aliphatic carbocycles. The Balaban J connectivity index is 1.63. The second kappa shape index (κ2) is 10.4. The normalized spacial score (nSPS) is 25.7. The largest absolute Gasteiger partial charge is 0.0547 e. The van der Waals surface area contributed by atoms with Crippen molar-refractivity contribution in [3.05, 3.63) is 33.9 Å². The molecule has 0 nitrogen and oxygen atoms in total. The van der Waals surface area contributed by atoms with E-state index in [1.54, 1.807) is 0 Å². The summed E-state index contributed by atoms with van der Waals surface area (Å²) in [5.41, 5.74) is 9.33. The predicted octanol–water partition coefficient (Wildman–Crippen LogP) is 10.2. The van der Waals surface area contributed by atoms with Gasteiger partial charge in [0.15, 0.2) is 0 Å². The molecule has 4 aliphatic rings. The van der Waals surface area contributed by atoms with Crippen LogP contribution in [0.2, 0.25) is 0 Å². The van der Waals surface area contributed by atoms with Crippen molar-refractivity contribution in [2.75, 3.05) is 0 Å². The van der Waals surface area contributed by atoms with Crippen LogP contribution >= 0.6 is 0 Å². The summed E-state index contributed by atoms with van der Waals surface area (Å²) in [6.07, 6.45) is 29.4. The number of rotatable bonds is 4. The third-order valence-electron chi connectivity index (χ3n) is 9.86. The Morgan fingerprint density at radius 1 is 0.419 bits per heavy atom. The summed E-state index contributed by atoms with van der Waals surface area (Å²) in [6.45, 7) is 2.60. The van der Waals surface area contributed by atoms with Gasteiger partial charge in [0.2, 0.25) is 0 Å². The van der Waals surface area contributed by atoms with Crippen LogP contribution < -0.4 is 0 Å². The van der Waals surface area contributed by atoms with E-state index in [9.17, 15) is 0 Å². The van der Waals surface area contributed by atoms with Crippen LogP contribution in [0.3, 0.4) is 0 Å². The minimum Gasteiger partial charge on any atom is -0.0547 e. The smallest absolute Gasteiger partial charge is 0.0156 e. The molecule has 0 bridgehead atoms. The van der Waals surface area contributed by atoms with Crippen molar-refractivity contribution in [3.63, 3.8) is 0 Å². The highest BCUT2D eigenvalue weighted by Gasteiger charge is 2.32. The van der Waals surface area contributed by atoms with Crippen molar-refractivity contribution < 1.29 is 0 Å². The number of hydrogen-bond acceptors (Lipinski definition) is 0. The van der Waals surface area contributed by atoms with Gasteiger partial charge in [-0.1, -0.05) is 83.1 Å². The van der Waals surface area contributed by atoms with Gasteiger partial charge in [-0.2, -0.15) is 0 Å². The minimum absolute atomic E-state index is 0.868. The molecule has 4 fully saturated rings. The number of benzene rings is 1. The van der Waals surface area contributed by atoms with E-state index < -0.39 is 0 Å². The summed E-state index contributed by atoms with van der Waals surface area (Å²) in [5.74, 6) is 3.47. The molecular formula is C31H48. The van der Waals surface area contributed by atoms with Crippen molar-refractivity contribution in [2.45, 2.75) is 159 Å². The molecule has 0 aromatic heterocycles. The van der Waals surface area contributed by atoms with Crippen LogP contribution in [-0.2, 0) is 0 Å². The van der Waals surface area contributed by atoms with E-state index in [-0.39, 0.29) is 0 Å². The van der Waals surface area contributed by atoms with Crippen LogP contribution in [0.25, 0.3) is 0 Å². The third kappa shape index (κ3) is 4.79. The van der Waals surface area contributed by atoms with Gasteiger partial charge in [0.05, 0.1) is 0 Å². The van der Waals surface area contributed by atoms with Crippen molar-refractivity contribution in [1.29, 1.82) is 0 Å². The monoisotopic (exact) mass is 420 g/mol. The summed E-state index contributed by atoms with van der Waals surface area (Å²) in [4.78, 5) is 0. The van der Waals surface area contributed by atoms with Crippen LogP contribution in [0.4, 0.5) is 0 Å². The van der Waals surface area contributed by atoms with Gasteiger partial charge in [0.1, 0.15) is 0 Å². The first-order chi connectivity index (χ1) is 15.3. The van der Waals surface area contributed by atoms with Crippen LogP contribution in [0.15, 0.2) is 6.07 Å². The van der Waals surface area contributed by atoms with Crippen LogP contribution in [-0.4, -0.2) is 0 Å². The van der Waals surface area contributed by atoms with Crippen LogP contribution in [0.1, 0.15) is 180 Å². The Kier molecular flexibility index (Phi) is 7.42. The molecule has 0 aliphatic heterocycles. The Morgan fingerprint density at radius 3 is 1.03 bits per heavy atom. The quantitative estimate of drug-likeness (QED) is 0.454. The van der Waals surface area contributed by atoms with Gasteiger partial charge in [-0.05, 0) is 110 Å². The molecule has 0 atom stereocenters. The molecular weight excluding hydrogens is 372 g/mol. The molecule has 0 amide bonds. The van der Waals surface area contributed by atoms with Gasteiger partial charge in [0, 0.05) is 0 Å². The lowest BCUT2D eigenvalue weighted by molar-refractivity contribution is 0.404. The first-order valence-electron chi connectivity index (χ1n) is 14.5. The molecule has 0 spiro atoms. The Morgan fingerprint density at radius 2 is 0.710 bits per heavy atom. The van der Waals surface area contributed by atoms with Crippen molar-refractivity contribution in [3.8, 4) is 0 Å². The molecule has 0 N–H and O–H groups in total. The summed E-state index contributed by atoms with van der Waals surface area (Å²) < 4.78 is 0. The van der Waals surface area contributed by atoms with Crippen LogP contribution in [0, 0.1) is 6.92 Å². The van der Waals surface area contributed by atoms with Crippen LogP contribution in [0.5, 0.6) is 0 Å². The molecule has 4 saturated carbocycles. The van der Waals surface area contributed by atoms with Gasteiger partial charge < -0.3 is 0 Å². The maximum atomic E-state index is 2.88. The van der Waals surface area contributed by atoms with E-state index in [0.29, 0.717) is 0 Å². The van der Waals surface area contributed by atoms with Crippen molar-refractivity contribution >= 4 is 0 Å². The first kappa shape index (κ1) is 22.0. The fraction of sp³-hybridized carbons (Fsp3) is 0.806. The Labute approximate surface area is 193 Å². The molecule has 5 rings (SSSR count). The highest BCUT2D eigenvalue weighted by atomic mass is 14.4. The molecule has 0 heterocycles. The van der Waals surface area contributed by atoms with Gasteiger partial charge >= 0.3 is 0 Å². The zero-order valence-corrected chi connectivity index (χ0v) is 20.5. The third-order valence-corrected chi connectivity index (χ3v) is 9.86. The lowest BCUT2D eigenvalue weighted by atomic mass is 9.68. The minimum atomic E-state index is 0.868. The fourth-order valence-electron chi connectivity index (χ4n) is 8.27. The topological polar surface area (TPSA) is 0 Å². The van der Waals surface area contributed by atoms with Gasteiger partial charge in [-0.25, -0.2) is 0 Å². The number of hydrogen-bond donors (Lipinski definition) is 0. The summed E-state index contributed by atoms with van der Waals surface area (Å²) in [5, 5.41) is 0. The van der Waals surface area contributed by atoms with E-state index in [1.165, 1.54) is 128 Å². The molecule has 0 saturated heterocycles. The molecule has 0 radical (unpaired) electrons. The van der Waals surface area contributed by atoms with E-state index >= 15 is 0 Å². The standard InChI is InChI=1S/C31H48/c1-23-30(26-18-10-4-11-19-26)28(24-14-6-2-7-15-24)22-29(25-16-8-3-9-17-25)31(23)27-20-12-5-13-21-27/h22,24-27H,2-21H2,1H3. The van der Waals surface area contributed by atoms with Gasteiger partial charge in [0.25, 0.3) is 0 Å². The summed E-state index contributed by atoms with van der Waals surface area (Å²) in [6, 6.07) is 2.88. The van der Waals surface area contributed by atoms with Crippen molar-refractivity contribution in [1.82, 2.24) is 0 Å². The molecule has 1 aromatic carbocycles. The summed E-state index contributed by atoms with van der Waals surface area (Å²) >= 11 is 0. The first-order valence-corrected chi connectivity index (χ1v) is 14.5. The van der Waals surface area contributed by atoms with Gasteiger partial charge in [-0.15, -0.1) is 0 Å². The molecule has 0 heteroatoms. The Bertz CT molecular complexity index is 646. The van der Waals surface area contributed by atoms with Gasteiger partial charge in [-0.3, -0.25) is 0 Å². The van der Waals surface area contributed by atoms with E-state index in [0.717, 1.165) is 23.7 Å². The Hall–Kier alpha value is -0.780. The maximum Gasteiger partial charge on any atom is -0.0156 e. The molecule has 0 unspecified atom stereocenters. The SMILES string of the molecule is Cc1c(C2CCCCC2)c(C2CCCCC2)cc(C2CCCCC2)c1C1CCCCC1. The fourth-order valence-corrected chi connectivity index (χ4v) is 8.27. The zero-order valence-electron chi connectivity index (χ0n) is 20.5. The second-order valence-electron chi connectivity index (χ2n) is 11.8. The average Bonchev–Trinajstić information content (AvgIpc) is 2.85.